The third-order valence-corrected chi connectivity index (χ3v) is 2.29. The summed E-state index contributed by atoms with van der Waals surface area (Å²) < 4.78 is 20.6. The standard InChI is InChI=1S/C5H7NO4S/c7-5(8)4-1-3(2-6-4)11(9)10/h4,6H,1-2H2,(H,7,8)/t4-/m0/s1. The highest BCUT2D eigenvalue weighted by Crippen LogP contribution is 2.01. The Bertz CT molecular complexity index is 296. The van der Waals surface area contributed by atoms with E-state index in [0.29, 0.717) is 0 Å². The molecule has 0 spiro atoms. The zero-order valence-electron chi connectivity index (χ0n) is 5.57. The molecule has 1 aliphatic heterocycles. The van der Waals surface area contributed by atoms with E-state index in [1.807, 2.05) is 0 Å². The van der Waals surface area contributed by atoms with Crippen LogP contribution in [0.15, 0.2) is 0 Å². The fourth-order valence-corrected chi connectivity index (χ4v) is 1.41. The van der Waals surface area contributed by atoms with Crippen molar-refractivity contribution in [2.45, 2.75) is 12.5 Å². The van der Waals surface area contributed by atoms with E-state index in [9.17, 15) is 13.2 Å². The van der Waals surface area contributed by atoms with Crippen LogP contribution in [0, 0.1) is 0 Å². The molecule has 0 aliphatic carbocycles. The maximum Gasteiger partial charge on any atom is 0.321 e. The van der Waals surface area contributed by atoms with Crippen LogP contribution >= 0.6 is 0 Å². The van der Waals surface area contributed by atoms with E-state index in [0.717, 1.165) is 0 Å². The maximum atomic E-state index is 10.3. The summed E-state index contributed by atoms with van der Waals surface area (Å²) in [7, 11) is -2.24. The van der Waals surface area contributed by atoms with E-state index < -0.39 is 22.3 Å². The molecule has 0 aromatic carbocycles. The Morgan fingerprint density at radius 3 is 2.55 bits per heavy atom. The van der Waals surface area contributed by atoms with E-state index in [1.165, 1.54) is 0 Å². The Hall–Kier alpha value is -0.880. The van der Waals surface area contributed by atoms with Gasteiger partial charge < -0.3 is 5.11 Å². The average molecular weight is 177 g/mol. The van der Waals surface area contributed by atoms with Gasteiger partial charge in [0.2, 0.25) is 10.3 Å². The van der Waals surface area contributed by atoms with Gasteiger partial charge in [-0.05, 0) is 0 Å². The van der Waals surface area contributed by atoms with E-state index in [1.54, 1.807) is 0 Å². The molecular formula is C5H7NO4S. The summed E-state index contributed by atoms with van der Waals surface area (Å²) in [6.45, 7) is 0.160. The summed E-state index contributed by atoms with van der Waals surface area (Å²) in [5.41, 5.74) is 0. The molecule has 1 atom stereocenters. The zero-order chi connectivity index (χ0) is 8.43. The van der Waals surface area contributed by atoms with Crippen LogP contribution in [0.4, 0.5) is 0 Å². The lowest BCUT2D eigenvalue weighted by Crippen LogP contribution is -2.29. The first-order valence-corrected chi connectivity index (χ1v) is 4.09. The van der Waals surface area contributed by atoms with E-state index in [-0.39, 0.29) is 17.8 Å². The molecule has 0 bridgehead atoms. The number of hydrogen-bond acceptors (Lipinski definition) is 4. The maximum absolute atomic E-state index is 10.3. The highest BCUT2D eigenvalue weighted by atomic mass is 32.2. The van der Waals surface area contributed by atoms with E-state index in [2.05, 4.69) is 5.32 Å². The summed E-state index contributed by atoms with van der Waals surface area (Å²) in [6, 6.07) is -0.733. The van der Waals surface area contributed by atoms with Crippen molar-refractivity contribution in [3.63, 3.8) is 0 Å². The second kappa shape index (κ2) is 3.02. The molecule has 0 saturated carbocycles. The SMILES string of the molecule is O=C(O)[C@@H]1CC(=S(=O)=O)CN1. The monoisotopic (exact) mass is 177 g/mol. The van der Waals surface area contributed by atoms with Crippen LogP contribution < -0.4 is 5.32 Å². The molecule has 0 amide bonds. The summed E-state index contributed by atoms with van der Waals surface area (Å²) in [6.07, 6.45) is 0.0887. The van der Waals surface area contributed by atoms with E-state index in [4.69, 9.17) is 5.11 Å². The predicted molar refractivity (Wildman–Crippen MR) is 38.0 cm³/mol. The predicted octanol–water partition coefficient (Wildman–Crippen LogP) is -1.52. The van der Waals surface area contributed by atoms with Crippen LogP contribution in [0.1, 0.15) is 6.42 Å². The van der Waals surface area contributed by atoms with Gasteiger partial charge in [0, 0.05) is 13.0 Å². The number of carbonyl (C=O) groups is 1. The quantitative estimate of drug-likeness (QED) is 0.475. The normalized spacial score (nSPS) is 23.6. The fraction of sp³-hybridized carbons (Fsp3) is 0.600. The molecular weight excluding hydrogens is 170 g/mol. The van der Waals surface area contributed by atoms with Crippen molar-refractivity contribution in [3.05, 3.63) is 0 Å². The first-order valence-electron chi connectivity index (χ1n) is 3.01. The lowest BCUT2D eigenvalue weighted by Gasteiger charge is -1.98. The van der Waals surface area contributed by atoms with Gasteiger partial charge in [-0.15, -0.1) is 0 Å². The van der Waals surface area contributed by atoms with Crippen molar-refractivity contribution in [2.24, 2.45) is 0 Å². The number of aliphatic carboxylic acids is 1. The second-order valence-corrected chi connectivity index (χ2v) is 3.30. The molecule has 0 aromatic rings. The summed E-state index contributed by atoms with van der Waals surface area (Å²) in [5, 5.41) is 11.0. The average Bonchev–Trinajstić information content (AvgIpc) is 2.33. The van der Waals surface area contributed by atoms with Crippen molar-refractivity contribution >= 4 is 21.1 Å². The minimum absolute atomic E-state index is 0.0887. The molecule has 5 nitrogen and oxygen atoms in total. The molecule has 1 saturated heterocycles. The molecule has 0 aromatic heterocycles. The minimum atomic E-state index is -2.24. The summed E-state index contributed by atoms with van der Waals surface area (Å²) >= 11 is 0. The first-order chi connectivity index (χ1) is 5.11. The van der Waals surface area contributed by atoms with Crippen LogP contribution in [0.2, 0.25) is 0 Å². The van der Waals surface area contributed by atoms with Crippen LogP contribution in [-0.4, -0.2) is 36.9 Å². The Kier molecular flexibility index (Phi) is 2.25. The molecule has 2 N–H and O–H groups in total. The smallest absolute Gasteiger partial charge is 0.321 e. The summed E-state index contributed by atoms with van der Waals surface area (Å²) in [4.78, 5) is 10.5. The fourth-order valence-electron chi connectivity index (χ4n) is 0.911. The Labute approximate surface area is 64.6 Å². The third kappa shape index (κ3) is 1.78. The summed E-state index contributed by atoms with van der Waals surface area (Å²) in [5.74, 6) is -1.01. The number of rotatable bonds is 1. The molecule has 1 aliphatic rings. The number of carboxylic acids is 1. The van der Waals surface area contributed by atoms with Crippen LogP contribution in [0.25, 0.3) is 0 Å². The van der Waals surface area contributed by atoms with Gasteiger partial charge >= 0.3 is 5.97 Å². The van der Waals surface area contributed by atoms with Gasteiger partial charge in [-0.2, -0.15) is 8.42 Å². The van der Waals surface area contributed by atoms with Crippen molar-refractivity contribution in [1.82, 2.24) is 5.32 Å². The molecule has 11 heavy (non-hydrogen) atoms. The highest BCUT2D eigenvalue weighted by molar-refractivity contribution is 7.73. The zero-order valence-corrected chi connectivity index (χ0v) is 6.39. The van der Waals surface area contributed by atoms with Crippen molar-refractivity contribution < 1.29 is 18.3 Å². The molecule has 0 unspecified atom stereocenters. The van der Waals surface area contributed by atoms with Crippen LogP contribution in [0.5, 0.6) is 0 Å². The van der Waals surface area contributed by atoms with Crippen molar-refractivity contribution in [2.75, 3.05) is 6.54 Å². The largest absolute Gasteiger partial charge is 0.480 e. The van der Waals surface area contributed by atoms with Gasteiger partial charge in [0.25, 0.3) is 0 Å². The Morgan fingerprint density at radius 2 is 2.27 bits per heavy atom. The van der Waals surface area contributed by atoms with Gasteiger partial charge in [0.15, 0.2) is 0 Å². The second-order valence-electron chi connectivity index (χ2n) is 2.25. The van der Waals surface area contributed by atoms with E-state index >= 15 is 0 Å². The molecule has 1 fully saturated rings. The van der Waals surface area contributed by atoms with Crippen LogP contribution in [-0.2, 0) is 15.1 Å². The van der Waals surface area contributed by atoms with Gasteiger partial charge in [-0.1, -0.05) is 0 Å². The number of carboxylic acid groups (broad SMARTS) is 1. The number of nitrogens with one attached hydrogen (secondary N) is 1. The van der Waals surface area contributed by atoms with Gasteiger partial charge in [-0.3, -0.25) is 10.1 Å². The Morgan fingerprint density at radius 1 is 1.64 bits per heavy atom. The van der Waals surface area contributed by atoms with Crippen LogP contribution in [0.3, 0.4) is 0 Å². The van der Waals surface area contributed by atoms with Crippen molar-refractivity contribution in [1.29, 1.82) is 0 Å². The topological polar surface area (TPSA) is 83.5 Å². The molecule has 1 heterocycles. The van der Waals surface area contributed by atoms with Crippen molar-refractivity contribution in [3.8, 4) is 0 Å². The van der Waals surface area contributed by atoms with Gasteiger partial charge in [0.1, 0.15) is 6.04 Å². The molecule has 62 valence electrons. The lowest BCUT2D eigenvalue weighted by atomic mass is 10.2. The lowest BCUT2D eigenvalue weighted by molar-refractivity contribution is -0.138. The third-order valence-electron chi connectivity index (χ3n) is 1.51. The molecule has 6 heteroatoms. The number of hydrogen-bond donors (Lipinski definition) is 2. The first kappa shape index (κ1) is 8.22. The van der Waals surface area contributed by atoms with Gasteiger partial charge in [-0.25, -0.2) is 0 Å². The van der Waals surface area contributed by atoms with Gasteiger partial charge in [0.05, 0.1) is 4.86 Å². The minimum Gasteiger partial charge on any atom is -0.480 e. The molecule has 0 radical (unpaired) electrons. The highest BCUT2D eigenvalue weighted by Gasteiger charge is 2.26. The Balaban J connectivity index is 2.77. The molecule has 1 rings (SSSR count).